The number of carboxylic acids is 1. The molecule has 0 bridgehead atoms. The van der Waals surface area contributed by atoms with Gasteiger partial charge >= 0.3 is 16.2 Å². The average molecular weight is 540 g/mol. The van der Waals surface area contributed by atoms with Crippen molar-refractivity contribution in [1.29, 1.82) is 0 Å². The van der Waals surface area contributed by atoms with Gasteiger partial charge in [0.25, 0.3) is 5.91 Å². The van der Waals surface area contributed by atoms with Crippen molar-refractivity contribution in [2.45, 2.75) is 57.4 Å². The van der Waals surface area contributed by atoms with Crippen LogP contribution in [0.5, 0.6) is 5.75 Å². The van der Waals surface area contributed by atoms with E-state index in [2.05, 4.69) is 4.72 Å². The van der Waals surface area contributed by atoms with Gasteiger partial charge in [0.15, 0.2) is 0 Å². The molecule has 2 saturated carbocycles. The quantitative estimate of drug-likeness (QED) is 0.369. The van der Waals surface area contributed by atoms with Crippen molar-refractivity contribution in [3.8, 4) is 17.0 Å². The van der Waals surface area contributed by atoms with Crippen molar-refractivity contribution in [3.05, 3.63) is 53.6 Å². The van der Waals surface area contributed by atoms with Crippen LogP contribution in [0.25, 0.3) is 22.2 Å². The zero-order valence-electron chi connectivity index (χ0n) is 21.6. The predicted octanol–water partition coefficient (Wildman–Crippen LogP) is 4.42. The molecule has 1 heterocycles. The molecular weight excluding hydrogens is 506 g/mol. The summed E-state index contributed by atoms with van der Waals surface area (Å²) in [6.07, 6.45) is 6.69. The van der Waals surface area contributed by atoms with Gasteiger partial charge < -0.3 is 14.4 Å². The van der Waals surface area contributed by atoms with Crippen LogP contribution in [-0.4, -0.2) is 44.1 Å². The summed E-state index contributed by atoms with van der Waals surface area (Å²) < 4.78 is 35.5. The molecule has 2 aromatic carbocycles. The number of methoxy groups -OCH3 is 1. The van der Waals surface area contributed by atoms with Crippen LogP contribution >= 0.6 is 0 Å². The van der Waals surface area contributed by atoms with Crippen LogP contribution in [0.2, 0.25) is 0 Å². The van der Waals surface area contributed by atoms with E-state index in [1.165, 1.54) is 19.0 Å². The van der Waals surface area contributed by atoms with Crippen molar-refractivity contribution in [2.24, 2.45) is 5.41 Å². The number of amides is 1. The molecule has 3 N–H and O–H groups in total. The number of hydrogen-bond donors (Lipinski definition) is 3. The summed E-state index contributed by atoms with van der Waals surface area (Å²) >= 11 is 0. The van der Waals surface area contributed by atoms with Crippen LogP contribution < -0.4 is 14.2 Å². The van der Waals surface area contributed by atoms with Crippen molar-refractivity contribution >= 4 is 33.0 Å². The summed E-state index contributed by atoms with van der Waals surface area (Å²) in [5.41, 5.74) is 3.14. The van der Waals surface area contributed by atoms with Gasteiger partial charge in [-0.15, -0.1) is 0 Å². The van der Waals surface area contributed by atoms with Crippen LogP contribution in [0.15, 0.2) is 42.5 Å². The normalized spacial score (nSPS) is 17.3. The lowest BCUT2D eigenvalue weighted by molar-refractivity contribution is -0.143. The standard InChI is InChI=1S/C28H33N3O6S/c1-29-38(35,36)30-26(32)20-10-13-22-23(16-20)31(17-28(14-15-28)27(33)34)25(19-8-11-21(37-2)12-9-19)24(22)18-6-4-3-5-7-18/h8-13,16,18,29H,3-7,14-15,17H2,1-2H3,(H,30,32)(H,33,34). The number of carbonyl (C=O) groups is 2. The second kappa shape index (κ2) is 10.1. The van der Waals surface area contributed by atoms with Gasteiger partial charge in [-0.05, 0) is 79.1 Å². The molecule has 1 aromatic heterocycles. The fraction of sp³-hybridized carbons (Fsp3) is 0.429. The lowest BCUT2D eigenvalue weighted by Gasteiger charge is -2.24. The number of fused-ring (bicyclic) bond motifs is 1. The van der Waals surface area contributed by atoms with E-state index in [0.29, 0.717) is 18.8 Å². The summed E-state index contributed by atoms with van der Waals surface area (Å²) in [6.45, 7) is 0.271. The summed E-state index contributed by atoms with van der Waals surface area (Å²) in [7, 11) is -1.14. The number of benzene rings is 2. The number of nitrogens with zero attached hydrogens (tertiary/aromatic N) is 1. The number of aliphatic carboxylic acids is 1. The molecule has 0 atom stereocenters. The molecule has 1 amide bonds. The van der Waals surface area contributed by atoms with E-state index in [1.807, 2.05) is 39.6 Å². The fourth-order valence-electron chi connectivity index (χ4n) is 5.67. The summed E-state index contributed by atoms with van der Waals surface area (Å²) in [4.78, 5) is 25.1. The number of carboxylic acid groups (broad SMARTS) is 1. The largest absolute Gasteiger partial charge is 0.497 e. The summed E-state index contributed by atoms with van der Waals surface area (Å²) in [5.74, 6) is -0.551. The SMILES string of the molecule is CNS(=O)(=O)NC(=O)c1ccc2c(C3CCCCC3)c(-c3ccc(OC)cc3)n(CC3(C(=O)O)CC3)c2c1. The average Bonchev–Trinajstić information content (AvgIpc) is 3.65. The van der Waals surface area contributed by atoms with Gasteiger partial charge in [-0.2, -0.15) is 8.42 Å². The Hall–Kier alpha value is -3.37. The van der Waals surface area contributed by atoms with Crippen LogP contribution in [0.4, 0.5) is 0 Å². The van der Waals surface area contributed by atoms with Gasteiger partial charge in [-0.3, -0.25) is 9.59 Å². The van der Waals surface area contributed by atoms with Crippen LogP contribution in [0, 0.1) is 5.41 Å². The van der Waals surface area contributed by atoms with Crippen LogP contribution in [-0.2, 0) is 21.5 Å². The highest BCUT2D eigenvalue weighted by Crippen LogP contribution is 2.51. The third-order valence-corrected chi connectivity index (χ3v) is 9.00. The Kier molecular flexibility index (Phi) is 6.96. The van der Waals surface area contributed by atoms with Crippen molar-refractivity contribution < 1.29 is 27.9 Å². The van der Waals surface area contributed by atoms with E-state index in [1.54, 1.807) is 19.2 Å². The molecule has 0 spiro atoms. The Morgan fingerprint density at radius 2 is 1.76 bits per heavy atom. The van der Waals surface area contributed by atoms with E-state index in [-0.39, 0.29) is 12.1 Å². The fourth-order valence-corrected chi connectivity index (χ4v) is 6.14. The highest BCUT2D eigenvalue weighted by atomic mass is 32.2. The lowest BCUT2D eigenvalue weighted by Crippen LogP contribution is -2.38. The molecule has 0 unspecified atom stereocenters. The van der Waals surface area contributed by atoms with E-state index < -0.39 is 27.5 Å². The van der Waals surface area contributed by atoms with Gasteiger partial charge in [0, 0.05) is 30.1 Å². The maximum Gasteiger partial charge on any atom is 0.311 e. The molecule has 2 aliphatic rings. The van der Waals surface area contributed by atoms with E-state index >= 15 is 0 Å². The third kappa shape index (κ3) is 4.90. The van der Waals surface area contributed by atoms with Crippen molar-refractivity contribution in [1.82, 2.24) is 14.0 Å². The van der Waals surface area contributed by atoms with Crippen molar-refractivity contribution in [2.75, 3.05) is 14.2 Å². The monoisotopic (exact) mass is 539 g/mol. The second-order valence-electron chi connectivity index (χ2n) is 10.4. The molecular formula is C28H33N3O6S. The molecule has 3 aromatic rings. The Labute approximate surface area is 222 Å². The van der Waals surface area contributed by atoms with Gasteiger partial charge in [0.2, 0.25) is 0 Å². The Morgan fingerprint density at radius 3 is 2.34 bits per heavy atom. The van der Waals surface area contributed by atoms with E-state index in [0.717, 1.165) is 53.6 Å². The number of ether oxygens (including phenoxy) is 1. The first-order chi connectivity index (χ1) is 18.2. The summed E-state index contributed by atoms with van der Waals surface area (Å²) in [6, 6.07) is 13.0. The number of aromatic nitrogens is 1. The molecule has 2 fully saturated rings. The Morgan fingerprint density at radius 1 is 1.08 bits per heavy atom. The summed E-state index contributed by atoms with van der Waals surface area (Å²) in [5, 5.41) is 11.0. The maximum absolute atomic E-state index is 12.9. The van der Waals surface area contributed by atoms with Crippen LogP contribution in [0.3, 0.4) is 0 Å². The van der Waals surface area contributed by atoms with Gasteiger partial charge in [-0.1, -0.05) is 25.3 Å². The highest BCUT2D eigenvalue weighted by Gasteiger charge is 2.51. The zero-order valence-corrected chi connectivity index (χ0v) is 22.4. The first kappa shape index (κ1) is 26.2. The maximum atomic E-state index is 12.9. The topological polar surface area (TPSA) is 127 Å². The van der Waals surface area contributed by atoms with Crippen molar-refractivity contribution in [3.63, 3.8) is 0 Å². The molecule has 5 rings (SSSR count). The van der Waals surface area contributed by atoms with Gasteiger partial charge in [-0.25, -0.2) is 9.44 Å². The first-order valence-electron chi connectivity index (χ1n) is 13.0. The first-order valence-corrected chi connectivity index (χ1v) is 14.5. The highest BCUT2D eigenvalue weighted by molar-refractivity contribution is 7.88. The van der Waals surface area contributed by atoms with Gasteiger partial charge in [0.1, 0.15) is 5.75 Å². The second-order valence-corrected chi connectivity index (χ2v) is 12.0. The molecule has 38 heavy (non-hydrogen) atoms. The Balaban J connectivity index is 1.74. The molecule has 9 nitrogen and oxygen atoms in total. The van der Waals surface area contributed by atoms with Crippen LogP contribution in [0.1, 0.15) is 66.8 Å². The number of rotatable bonds is 9. The molecule has 10 heteroatoms. The zero-order chi connectivity index (χ0) is 27.1. The third-order valence-electron chi connectivity index (χ3n) is 8.01. The smallest absolute Gasteiger partial charge is 0.311 e. The number of nitrogens with one attached hydrogen (secondary N) is 2. The predicted molar refractivity (Wildman–Crippen MR) is 145 cm³/mol. The number of carbonyl (C=O) groups excluding carboxylic acids is 1. The lowest BCUT2D eigenvalue weighted by atomic mass is 9.81. The van der Waals surface area contributed by atoms with Gasteiger partial charge in [0.05, 0.1) is 18.2 Å². The minimum absolute atomic E-state index is 0.187. The molecule has 0 saturated heterocycles. The number of hydrogen-bond acceptors (Lipinski definition) is 5. The molecule has 0 aliphatic heterocycles. The minimum atomic E-state index is -3.98. The Bertz CT molecular complexity index is 1480. The molecule has 0 radical (unpaired) electrons. The molecule has 202 valence electrons. The van der Waals surface area contributed by atoms with E-state index in [9.17, 15) is 23.1 Å². The minimum Gasteiger partial charge on any atom is -0.497 e. The molecule has 2 aliphatic carbocycles. The van der Waals surface area contributed by atoms with E-state index in [4.69, 9.17) is 4.74 Å².